The van der Waals surface area contributed by atoms with Crippen molar-refractivity contribution in [2.45, 2.75) is 26.2 Å². The molecule has 2 rings (SSSR count). The highest BCUT2D eigenvalue weighted by Crippen LogP contribution is 2.26. The van der Waals surface area contributed by atoms with Crippen molar-refractivity contribution in [3.05, 3.63) is 50.6 Å². The van der Waals surface area contributed by atoms with Crippen LogP contribution in [0.5, 0.6) is 0 Å². The third kappa shape index (κ3) is 2.47. The first-order valence-corrected chi connectivity index (χ1v) is 6.32. The molecule has 0 aliphatic carbocycles. The van der Waals surface area contributed by atoms with E-state index in [1.807, 2.05) is 20.8 Å². The van der Waals surface area contributed by atoms with E-state index in [9.17, 15) is 4.79 Å². The summed E-state index contributed by atoms with van der Waals surface area (Å²) in [6.07, 6.45) is 1.72. The van der Waals surface area contributed by atoms with Gasteiger partial charge < -0.3 is 4.98 Å². The standard InChI is InChI=1S/C13H14Cl2N2O/c1-13(2,3)11-7-16-12(18)17(11)10-5-8(14)4-9(15)6-10/h4-7H,1-3H3,(H,16,18). The molecular weight excluding hydrogens is 271 g/mol. The lowest BCUT2D eigenvalue weighted by molar-refractivity contribution is 0.554. The van der Waals surface area contributed by atoms with Crippen LogP contribution in [-0.4, -0.2) is 9.55 Å². The van der Waals surface area contributed by atoms with Crippen molar-refractivity contribution in [1.82, 2.24) is 9.55 Å². The van der Waals surface area contributed by atoms with Gasteiger partial charge in [-0.2, -0.15) is 0 Å². The Bertz CT molecular complexity index is 615. The summed E-state index contributed by atoms with van der Waals surface area (Å²) in [5, 5.41) is 1.01. The predicted octanol–water partition coefficient (Wildman–Crippen LogP) is 3.77. The van der Waals surface area contributed by atoms with Crippen molar-refractivity contribution in [1.29, 1.82) is 0 Å². The van der Waals surface area contributed by atoms with E-state index in [2.05, 4.69) is 4.98 Å². The van der Waals surface area contributed by atoms with Gasteiger partial charge in [0.15, 0.2) is 0 Å². The SMILES string of the molecule is CC(C)(C)c1c[nH]c(=O)n1-c1cc(Cl)cc(Cl)c1. The van der Waals surface area contributed by atoms with Gasteiger partial charge in [0.05, 0.1) is 5.69 Å². The molecule has 3 nitrogen and oxygen atoms in total. The molecule has 0 aliphatic heterocycles. The summed E-state index contributed by atoms with van der Waals surface area (Å²) < 4.78 is 1.60. The van der Waals surface area contributed by atoms with Crippen LogP contribution in [0.3, 0.4) is 0 Å². The molecule has 1 N–H and O–H groups in total. The molecule has 0 radical (unpaired) electrons. The van der Waals surface area contributed by atoms with Crippen molar-refractivity contribution >= 4 is 23.2 Å². The van der Waals surface area contributed by atoms with Crippen LogP contribution in [0.4, 0.5) is 0 Å². The number of nitrogens with zero attached hydrogens (tertiary/aromatic N) is 1. The summed E-state index contributed by atoms with van der Waals surface area (Å²) in [7, 11) is 0. The average Bonchev–Trinajstić information content (AvgIpc) is 2.57. The van der Waals surface area contributed by atoms with E-state index in [-0.39, 0.29) is 11.1 Å². The zero-order valence-electron chi connectivity index (χ0n) is 10.4. The third-order valence-electron chi connectivity index (χ3n) is 2.65. The molecule has 96 valence electrons. The molecule has 0 fully saturated rings. The first kappa shape index (κ1) is 13.2. The highest BCUT2D eigenvalue weighted by Gasteiger charge is 2.21. The molecule has 0 unspecified atom stereocenters. The maximum Gasteiger partial charge on any atom is 0.330 e. The molecule has 2 aromatic rings. The third-order valence-corrected chi connectivity index (χ3v) is 3.09. The minimum Gasteiger partial charge on any atom is -0.312 e. The van der Waals surface area contributed by atoms with Crippen LogP contribution in [0.15, 0.2) is 29.2 Å². The molecule has 0 aliphatic rings. The number of hydrogen-bond acceptors (Lipinski definition) is 1. The minimum atomic E-state index is -0.196. The maximum absolute atomic E-state index is 11.9. The minimum absolute atomic E-state index is 0.159. The Morgan fingerprint density at radius 1 is 1.11 bits per heavy atom. The Morgan fingerprint density at radius 2 is 1.67 bits per heavy atom. The highest BCUT2D eigenvalue weighted by atomic mass is 35.5. The van der Waals surface area contributed by atoms with Gasteiger partial charge in [-0.1, -0.05) is 44.0 Å². The van der Waals surface area contributed by atoms with Gasteiger partial charge in [-0.05, 0) is 18.2 Å². The number of H-pyrrole nitrogens is 1. The number of aromatic amines is 1. The van der Waals surface area contributed by atoms with Crippen LogP contribution in [-0.2, 0) is 5.41 Å². The van der Waals surface area contributed by atoms with Gasteiger partial charge >= 0.3 is 5.69 Å². The van der Waals surface area contributed by atoms with Gasteiger partial charge in [-0.15, -0.1) is 0 Å². The maximum atomic E-state index is 11.9. The van der Waals surface area contributed by atoms with E-state index in [1.54, 1.807) is 29.0 Å². The number of benzene rings is 1. The van der Waals surface area contributed by atoms with Crippen molar-refractivity contribution in [2.75, 3.05) is 0 Å². The van der Waals surface area contributed by atoms with Crippen LogP contribution >= 0.6 is 23.2 Å². The Hall–Kier alpha value is -1.19. The predicted molar refractivity (Wildman–Crippen MR) is 75.1 cm³/mol. The average molecular weight is 285 g/mol. The van der Waals surface area contributed by atoms with Crippen LogP contribution in [0, 0.1) is 0 Å². The topological polar surface area (TPSA) is 37.8 Å². The largest absolute Gasteiger partial charge is 0.330 e. The smallest absolute Gasteiger partial charge is 0.312 e. The molecule has 5 heteroatoms. The fourth-order valence-corrected chi connectivity index (χ4v) is 2.36. The van der Waals surface area contributed by atoms with Crippen LogP contribution in [0.25, 0.3) is 5.69 Å². The summed E-state index contributed by atoms with van der Waals surface area (Å²) in [4.78, 5) is 14.6. The normalized spacial score (nSPS) is 11.8. The summed E-state index contributed by atoms with van der Waals surface area (Å²) in [6.45, 7) is 6.12. The van der Waals surface area contributed by atoms with Crippen molar-refractivity contribution in [3.8, 4) is 5.69 Å². The molecule has 1 heterocycles. The Labute approximate surface area is 115 Å². The molecule has 18 heavy (non-hydrogen) atoms. The second-order valence-corrected chi connectivity index (χ2v) is 6.06. The molecule has 0 spiro atoms. The van der Waals surface area contributed by atoms with Gasteiger partial charge in [-0.3, -0.25) is 4.57 Å². The molecule has 0 bridgehead atoms. The fraction of sp³-hybridized carbons (Fsp3) is 0.308. The van der Waals surface area contributed by atoms with Gasteiger partial charge in [0.25, 0.3) is 0 Å². The van der Waals surface area contributed by atoms with Gasteiger partial charge in [0.2, 0.25) is 0 Å². The lowest BCUT2D eigenvalue weighted by Gasteiger charge is -2.20. The first-order valence-electron chi connectivity index (χ1n) is 5.56. The summed E-state index contributed by atoms with van der Waals surface area (Å²) in [5.41, 5.74) is 1.20. The van der Waals surface area contributed by atoms with E-state index in [0.29, 0.717) is 15.7 Å². The monoisotopic (exact) mass is 284 g/mol. The number of halogens is 2. The molecule has 0 saturated carbocycles. The fourth-order valence-electron chi connectivity index (χ4n) is 1.85. The lowest BCUT2D eigenvalue weighted by Crippen LogP contribution is -2.23. The quantitative estimate of drug-likeness (QED) is 0.851. The number of aromatic nitrogens is 2. The zero-order valence-corrected chi connectivity index (χ0v) is 11.9. The van der Waals surface area contributed by atoms with E-state index in [1.165, 1.54) is 0 Å². The van der Waals surface area contributed by atoms with E-state index >= 15 is 0 Å². The number of nitrogens with one attached hydrogen (secondary N) is 1. The van der Waals surface area contributed by atoms with Gasteiger partial charge in [-0.25, -0.2) is 4.79 Å². The van der Waals surface area contributed by atoms with Crippen LogP contribution in [0.1, 0.15) is 26.5 Å². The number of rotatable bonds is 1. The Morgan fingerprint density at radius 3 is 2.17 bits per heavy atom. The summed E-state index contributed by atoms with van der Waals surface area (Å²) in [5.74, 6) is 0. The van der Waals surface area contributed by atoms with Crippen molar-refractivity contribution < 1.29 is 0 Å². The van der Waals surface area contributed by atoms with Gasteiger partial charge in [0, 0.05) is 27.4 Å². The first-order chi connectivity index (χ1) is 8.29. The molecule has 0 amide bonds. The summed E-state index contributed by atoms with van der Waals surface area (Å²) in [6, 6.07) is 5.08. The van der Waals surface area contributed by atoms with E-state index in [4.69, 9.17) is 23.2 Å². The zero-order chi connectivity index (χ0) is 13.5. The molecule has 1 aromatic heterocycles. The second-order valence-electron chi connectivity index (χ2n) is 5.19. The van der Waals surface area contributed by atoms with E-state index in [0.717, 1.165) is 5.69 Å². The molecular formula is C13H14Cl2N2O. The van der Waals surface area contributed by atoms with Crippen molar-refractivity contribution in [3.63, 3.8) is 0 Å². The van der Waals surface area contributed by atoms with Crippen LogP contribution < -0.4 is 5.69 Å². The van der Waals surface area contributed by atoms with Gasteiger partial charge in [0.1, 0.15) is 0 Å². The Balaban J connectivity index is 2.71. The Kier molecular flexibility index (Phi) is 3.30. The van der Waals surface area contributed by atoms with E-state index < -0.39 is 0 Å². The highest BCUT2D eigenvalue weighted by molar-refractivity contribution is 6.34. The molecule has 1 aromatic carbocycles. The lowest BCUT2D eigenvalue weighted by atomic mass is 9.92. The number of imidazole rings is 1. The van der Waals surface area contributed by atoms with Crippen molar-refractivity contribution in [2.24, 2.45) is 0 Å². The molecule has 0 saturated heterocycles. The molecule has 0 atom stereocenters. The summed E-state index contributed by atoms with van der Waals surface area (Å²) >= 11 is 12.0. The number of hydrogen-bond donors (Lipinski definition) is 1. The second kappa shape index (κ2) is 4.48. The van der Waals surface area contributed by atoms with Crippen LogP contribution in [0.2, 0.25) is 10.0 Å².